The molecule has 0 amide bonds. The normalized spacial score (nSPS) is 18.2. The second kappa shape index (κ2) is 5.27. The Balaban J connectivity index is 1.95. The van der Waals surface area contributed by atoms with E-state index in [4.69, 9.17) is 14.9 Å². The fourth-order valence-electron chi connectivity index (χ4n) is 3.23. The molecule has 1 aliphatic rings. The number of nitrogen functional groups attached to an aromatic ring is 1. The van der Waals surface area contributed by atoms with Gasteiger partial charge in [0.15, 0.2) is 11.4 Å². The van der Waals surface area contributed by atoms with Crippen molar-refractivity contribution in [3.63, 3.8) is 0 Å². The molecule has 1 atom stereocenters. The van der Waals surface area contributed by atoms with Crippen LogP contribution in [0.15, 0.2) is 22.6 Å². The molecule has 3 N–H and O–H groups in total. The third kappa shape index (κ3) is 2.16. The zero-order valence-electron chi connectivity index (χ0n) is 13.2. The number of nitrogens with two attached hydrogens (primary N) is 1. The van der Waals surface area contributed by atoms with Gasteiger partial charge in [-0.3, -0.25) is 0 Å². The first kappa shape index (κ1) is 14.1. The minimum absolute atomic E-state index is 0.244. The minimum Gasteiger partial charge on any atom is -0.496 e. The van der Waals surface area contributed by atoms with Crippen LogP contribution in [0.4, 0.5) is 11.8 Å². The number of nitrogens with one attached hydrogen (secondary N) is 1. The molecule has 1 saturated heterocycles. The van der Waals surface area contributed by atoms with Crippen LogP contribution in [0.25, 0.3) is 22.1 Å². The molecule has 4 rings (SSSR count). The van der Waals surface area contributed by atoms with Crippen LogP contribution in [0.1, 0.15) is 6.42 Å². The molecule has 0 saturated carbocycles. The van der Waals surface area contributed by atoms with Gasteiger partial charge in [-0.15, -0.1) is 0 Å². The molecule has 7 heteroatoms. The SMILES string of the molecule is CNC1CCN(c2nc(N)nc3c2oc2cccc(OC)c23)C1. The highest BCUT2D eigenvalue weighted by Crippen LogP contribution is 2.38. The number of hydrogen-bond acceptors (Lipinski definition) is 7. The van der Waals surface area contributed by atoms with Crippen LogP contribution in [0.3, 0.4) is 0 Å². The molecule has 0 radical (unpaired) electrons. The lowest BCUT2D eigenvalue weighted by molar-refractivity contribution is 0.420. The highest BCUT2D eigenvalue weighted by Gasteiger charge is 2.27. The first-order valence-corrected chi connectivity index (χ1v) is 7.66. The average Bonchev–Trinajstić information content (AvgIpc) is 3.18. The molecule has 120 valence electrons. The maximum absolute atomic E-state index is 6.04. The second-order valence-electron chi connectivity index (χ2n) is 5.74. The second-order valence-corrected chi connectivity index (χ2v) is 5.74. The van der Waals surface area contributed by atoms with Crippen molar-refractivity contribution >= 4 is 33.8 Å². The predicted molar refractivity (Wildman–Crippen MR) is 90.0 cm³/mol. The molecule has 3 aromatic rings. The van der Waals surface area contributed by atoms with E-state index in [0.29, 0.717) is 17.1 Å². The summed E-state index contributed by atoms with van der Waals surface area (Å²) in [6.07, 6.45) is 1.06. The highest BCUT2D eigenvalue weighted by molar-refractivity contribution is 6.09. The van der Waals surface area contributed by atoms with Crippen LogP contribution in [0.5, 0.6) is 5.75 Å². The molecule has 2 aromatic heterocycles. The molecule has 3 heterocycles. The van der Waals surface area contributed by atoms with E-state index in [-0.39, 0.29) is 5.95 Å². The van der Waals surface area contributed by atoms with Crippen molar-refractivity contribution in [2.75, 3.05) is 37.9 Å². The zero-order chi connectivity index (χ0) is 16.0. The molecule has 23 heavy (non-hydrogen) atoms. The minimum atomic E-state index is 0.244. The Morgan fingerprint density at radius 1 is 1.39 bits per heavy atom. The van der Waals surface area contributed by atoms with Gasteiger partial charge in [0, 0.05) is 19.1 Å². The van der Waals surface area contributed by atoms with E-state index < -0.39 is 0 Å². The summed E-state index contributed by atoms with van der Waals surface area (Å²) < 4.78 is 11.5. The third-order valence-corrected chi connectivity index (χ3v) is 4.42. The van der Waals surface area contributed by atoms with Gasteiger partial charge >= 0.3 is 0 Å². The fraction of sp³-hybridized carbons (Fsp3) is 0.375. The highest BCUT2D eigenvalue weighted by atomic mass is 16.5. The van der Waals surface area contributed by atoms with E-state index >= 15 is 0 Å². The third-order valence-electron chi connectivity index (χ3n) is 4.42. The number of furan rings is 1. The molecule has 0 spiro atoms. The maximum atomic E-state index is 6.04. The van der Waals surface area contributed by atoms with E-state index in [0.717, 1.165) is 42.0 Å². The quantitative estimate of drug-likeness (QED) is 0.761. The monoisotopic (exact) mass is 313 g/mol. The number of benzene rings is 1. The lowest BCUT2D eigenvalue weighted by Crippen LogP contribution is -2.30. The van der Waals surface area contributed by atoms with Gasteiger partial charge < -0.3 is 25.1 Å². The topological polar surface area (TPSA) is 89.4 Å². The summed E-state index contributed by atoms with van der Waals surface area (Å²) in [7, 11) is 3.61. The standard InChI is InChI=1S/C16H19N5O2/c1-18-9-6-7-21(8-9)15-14-13(19-16(17)20-15)12-10(22-2)4-3-5-11(12)23-14/h3-5,9,18H,6-8H2,1-2H3,(H2,17,19,20). The number of hydrogen-bond donors (Lipinski definition) is 2. The Morgan fingerprint density at radius 2 is 2.26 bits per heavy atom. The number of anilines is 2. The number of aromatic nitrogens is 2. The van der Waals surface area contributed by atoms with E-state index in [2.05, 4.69) is 20.2 Å². The van der Waals surface area contributed by atoms with Gasteiger partial charge in [-0.1, -0.05) is 6.07 Å². The molecule has 0 aliphatic carbocycles. The Bertz CT molecular complexity index is 876. The van der Waals surface area contributed by atoms with Crippen molar-refractivity contribution in [1.29, 1.82) is 0 Å². The van der Waals surface area contributed by atoms with E-state index in [1.165, 1.54) is 0 Å². The van der Waals surface area contributed by atoms with Gasteiger partial charge in [0.05, 0.1) is 12.5 Å². The first-order valence-electron chi connectivity index (χ1n) is 7.66. The summed E-state index contributed by atoms with van der Waals surface area (Å²) in [6, 6.07) is 6.13. The summed E-state index contributed by atoms with van der Waals surface area (Å²) in [5, 5.41) is 4.14. The molecule has 1 aromatic carbocycles. The Labute approximate surface area is 133 Å². The van der Waals surface area contributed by atoms with Crippen LogP contribution in [-0.4, -0.2) is 43.3 Å². The van der Waals surface area contributed by atoms with Crippen molar-refractivity contribution in [2.45, 2.75) is 12.5 Å². The number of rotatable bonds is 3. The van der Waals surface area contributed by atoms with E-state index in [9.17, 15) is 0 Å². The molecule has 7 nitrogen and oxygen atoms in total. The van der Waals surface area contributed by atoms with Crippen molar-refractivity contribution in [3.05, 3.63) is 18.2 Å². The summed E-state index contributed by atoms with van der Waals surface area (Å²) in [5.74, 6) is 1.72. The van der Waals surface area contributed by atoms with Crippen LogP contribution in [0, 0.1) is 0 Å². The van der Waals surface area contributed by atoms with Crippen LogP contribution in [-0.2, 0) is 0 Å². The Morgan fingerprint density at radius 3 is 3.00 bits per heavy atom. The predicted octanol–water partition coefficient (Wildman–Crippen LogP) is 1.76. The summed E-state index contributed by atoms with van der Waals surface area (Å²) in [5.41, 5.74) is 8.05. The van der Waals surface area contributed by atoms with Gasteiger partial charge in [0.2, 0.25) is 5.95 Å². The van der Waals surface area contributed by atoms with E-state index in [1.54, 1.807) is 7.11 Å². The number of ether oxygens (including phenoxy) is 1. The zero-order valence-corrected chi connectivity index (χ0v) is 13.2. The smallest absolute Gasteiger partial charge is 0.222 e. The molecular weight excluding hydrogens is 294 g/mol. The number of methoxy groups -OCH3 is 1. The molecule has 0 bridgehead atoms. The van der Waals surface area contributed by atoms with Crippen molar-refractivity contribution in [3.8, 4) is 5.75 Å². The number of nitrogens with zero attached hydrogens (tertiary/aromatic N) is 3. The van der Waals surface area contributed by atoms with Gasteiger partial charge in [-0.05, 0) is 25.6 Å². The van der Waals surface area contributed by atoms with E-state index in [1.807, 2.05) is 25.2 Å². The maximum Gasteiger partial charge on any atom is 0.222 e. The average molecular weight is 313 g/mol. The largest absolute Gasteiger partial charge is 0.496 e. The van der Waals surface area contributed by atoms with Crippen LogP contribution in [0.2, 0.25) is 0 Å². The van der Waals surface area contributed by atoms with Crippen molar-refractivity contribution in [2.24, 2.45) is 0 Å². The van der Waals surface area contributed by atoms with Crippen LogP contribution >= 0.6 is 0 Å². The van der Waals surface area contributed by atoms with Gasteiger partial charge in [-0.25, -0.2) is 4.98 Å². The van der Waals surface area contributed by atoms with Gasteiger partial charge in [-0.2, -0.15) is 4.98 Å². The van der Waals surface area contributed by atoms with Crippen molar-refractivity contribution < 1.29 is 9.15 Å². The molecular formula is C16H19N5O2. The number of likely N-dealkylation sites (N-methyl/N-ethyl adjacent to an activating group) is 1. The van der Waals surface area contributed by atoms with Crippen LogP contribution < -0.4 is 20.7 Å². The number of fused-ring (bicyclic) bond motifs is 3. The molecule has 1 unspecified atom stereocenters. The van der Waals surface area contributed by atoms with Crippen molar-refractivity contribution in [1.82, 2.24) is 15.3 Å². The first-order chi connectivity index (χ1) is 11.2. The van der Waals surface area contributed by atoms with Gasteiger partial charge in [0.1, 0.15) is 16.8 Å². The summed E-state index contributed by atoms with van der Waals surface area (Å²) in [4.78, 5) is 11.0. The fourth-order valence-corrected chi connectivity index (χ4v) is 3.23. The Kier molecular flexibility index (Phi) is 3.23. The lowest BCUT2D eigenvalue weighted by Gasteiger charge is -2.17. The summed E-state index contributed by atoms with van der Waals surface area (Å²) in [6.45, 7) is 1.78. The lowest BCUT2D eigenvalue weighted by atomic mass is 10.2. The molecule has 1 aliphatic heterocycles. The molecule has 1 fully saturated rings. The summed E-state index contributed by atoms with van der Waals surface area (Å²) >= 11 is 0. The van der Waals surface area contributed by atoms with Gasteiger partial charge in [0.25, 0.3) is 0 Å². The Hall–Kier alpha value is -2.54.